The van der Waals surface area contributed by atoms with Gasteiger partial charge in [-0.1, -0.05) is 13.8 Å². The van der Waals surface area contributed by atoms with E-state index in [9.17, 15) is 0 Å². The molecule has 0 radical (unpaired) electrons. The van der Waals surface area contributed by atoms with Gasteiger partial charge in [0.2, 0.25) is 0 Å². The second-order valence-electron chi connectivity index (χ2n) is 6.88. The van der Waals surface area contributed by atoms with E-state index in [0.29, 0.717) is 5.41 Å². The Morgan fingerprint density at radius 3 is 2.33 bits per heavy atom. The molecule has 1 heteroatoms. The Balaban J connectivity index is 1.98. The van der Waals surface area contributed by atoms with Crippen molar-refractivity contribution in [3.8, 4) is 0 Å². The van der Waals surface area contributed by atoms with Crippen LogP contribution in [0, 0.1) is 29.1 Å². The van der Waals surface area contributed by atoms with Gasteiger partial charge < -0.3 is 4.74 Å². The molecule has 3 aliphatic rings. The van der Waals surface area contributed by atoms with E-state index in [1.165, 1.54) is 25.7 Å². The molecular formula is C14H24O. The Kier molecular flexibility index (Phi) is 1.89. The van der Waals surface area contributed by atoms with Crippen LogP contribution < -0.4 is 0 Å². The van der Waals surface area contributed by atoms with Crippen molar-refractivity contribution < 1.29 is 4.74 Å². The molecule has 5 unspecified atom stereocenters. The standard InChI is InChI=1S/C14H24O/c1-13(2)12-10-6-5-9(7-10)11(12)8-14(13,3)15-4/h9-12H,5-8H2,1-4H3. The summed E-state index contributed by atoms with van der Waals surface area (Å²) in [6, 6.07) is 0. The highest BCUT2D eigenvalue weighted by molar-refractivity contribution is 5.14. The van der Waals surface area contributed by atoms with Crippen LogP contribution in [0.1, 0.15) is 46.5 Å². The minimum Gasteiger partial charge on any atom is -0.378 e. The molecule has 0 saturated heterocycles. The molecule has 0 heterocycles. The maximum atomic E-state index is 5.87. The largest absolute Gasteiger partial charge is 0.378 e. The minimum absolute atomic E-state index is 0.129. The van der Waals surface area contributed by atoms with Gasteiger partial charge in [-0.3, -0.25) is 0 Å². The van der Waals surface area contributed by atoms with Crippen LogP contribution in [0.2, 0.25) is 0 Å². The third-order valence-electron chi connectivity index (χ3n) is 6.36. The van der Waals surface area contributed by atoms with Crippen LogP contribution in [0.15, 0.2) is 0 Å². The van der Waals surface area contributed by atoms with Gasteiger partial charge in [0.25, 0.3) is 0 Å². The third kappa shape index (κ3) is 1.03. The first-order valence-electron chi connectivity index (χ1n) is 6.55. The zero-order chi connectivity index (χ0) is 10.8. The van der Waals surface area contributed by atoms with Crippen molar-refractivity contribution in [2.24, 2.45) is 29.1 Å². The Morgan fingerprint density at radius 1 is 1.07 bits per heavy atom. The number of hydrogen-bond acceptors (Lipinski definition) is 1. The van der Waals surface area contributed by atoms with Crippen LogP contribution in [0.5, 0.6) is 0 Å². The number of rotatable bonds is 1. The van der Waals surface area contributed by atoms with Crippen molar-refractivity contribution in [3.05, 3.63) is 0 Å². The lowest BCUT2D eigenvalue weighted by Gasteiger charge is -2.42. The van der Waals surface area contributed by atoms with Gasteiger partial charge in [-0.05, 0) is 61.7 Å². The predicted molar refractivity (Wildman–Crippen MR) is 61.6 cm³/mol. The summed E-state index contributed by atoms with van der Waals surface area (Å²) in [7, 11) is 1.91. The smallest absolute Gasteiger partial charge is 0.0707 e. The summed E-state index contributed by atoms with van der Waals surface area (Å²) < 4.78 is 5.87. The third-order valence-corrected chi connectivity index (χ3v) is 6.36. The first-order valence-corrected chi connectivity index (χ1v) is 6.55. The van der Waals surface area contributed by atoms with Gasteiger partial charge in [-0.25, -0.2) is 0 Å². The lowest BCUT2D eigenvalue weighted by molar-refractivity contribution is -0.0834. The average Bonchev–Trinajstić information content (AvgIpc) is 2.80. The van der Waals surface area contributed by atoms with Crippen molar-refractivity contribution in [2.75, 3.05) is 7.11 Å². The number of methoxy groups -OCH3 is 1. The summed E-state index contributed by atoms with van der Waals surface area (Å²) >= 11 is 0. The van der Waals surface area contributed by atoms with E-state index in [0.717, 1.165) is 23.7 Å². The molecule has 3 aliphatic carbocycles. The van der Waals surface area contributed by atoms with Crippen LogP contribution in [-0.2, 0) is 4.74 Å². The molecule has 0 aromatic rings. The van der Waals surface area contributed by atoms with Crippen molar-refractivity contribution in [1.29, 1.82) is 0 Å². The van der Waals surface area contributed by atoms with E-state index >= 15 is 0 Å². The molecule has 0 aromatic carbocycles. The zero-order valence-corrected chi connectivity index (χ0v) is 10.5. The maximum Gasteiger partial charge on any atom is 0.0707 e. The van der Waals surface area contributed by atoms with E-state index < -0.39 is 0 Å². The van der Waals surface area contributed by atoms with E-state index in [1.54, 1.807) is 0 Å². The van der Waals surface area contributed by atoms with Gasteiger partial charge in [0.15, 0.2) is 0 Å². The number of ether oxygens (including phenoxy) is 1. The van der Waals surface area contributed by atoms with Crippen LogP contribution in [0.4, 0.5) is 0 Å². The van der Waals surface area contributed by atoms with Gasteiger partial charge in [0.1, 0.15) is 0 Å². The quantitative estimate of drug-likeness (QED) is 0.641. The minimum atomic E-state index is 0.129. The normalized spacial score (nSPS) is 56.0. The first-order chi connectivity index (χ1) is 6.99. The van der Waals surface area contributed by atoms with Crippen LogP contribution in [0.3, 0.4) is 0 Å². The Hall–Kier alpha value is -0.0400. The van der Waals surface area contributed by atoms with E-state index in [-0.39, 0.29) is 5.60 Å². The molecule has 3 fully saturated rings. The fourth-order valence-electron chi connectivity index (χ4n) is 5.24. The van der Waals surface area contributed by atoms with Crippen molar-refractivity contribution in [2.45, 2.75) is 52.1 Å². The van der Waals surface area contributed by atoms with E-state index in [1.807, 2.05) is 7.11 Å². The molecule has 0 N–H and O–H groups in total. The molecule has 0 aliphatic heterocycles. The van der Waals surface area contributed by atoms with E-state index in [4.69, 9.17) is 4.74 Å². The lowest BCUT2D eigenvalue weighted by Crippen LogP contribution is -2.43. The summed E-state index contributed by atoms with van der Waals surface area (Å²) in [5.74, 6) is 3.98. The van der Waals surface area contributed by atoms with E-state index in [2.05, 4.69) is 20.8 Å². The van der Waals surface area contributed by atoms with Crippen LogP contribution in [-0.4, -0.2) is 12.7 Å². The lowest BCUT2D eigenvalue weighted by atomic mass is 9.67. The summed E-state index contributed by atoms with van der Waals surface area (Å²) in [5.41, 5.74) is 0.510. The zero-order valence-electron chi connectivity index (χ0n) is 10.5. The summed E-state index contributed by atoms with van der Waals surface area (Å²) in [4.78, 5) is 0. The average molecular weight is 208 g/mol. The summed E-state index contributed by atoms with van der Waals surface area (Å²) in [6.45, 7) is 7.23. The second-order valence-corrected chi connectivity index (χ2v) is 6.88. The molecule has 0 aromatic heterocycles. The van der Waals surface area contributed by atoms with Crippen LogP contribution >= 0.6 is 0 Å². The highest BCUT2D eigenvalue weighted by Gasteiger charge is 2.64. The number of fused-ring (bicyclic) bond motifs is 5. The molecule has 86 valence electrons. The van der Waals surface area contributed by atoms with Gasteiger partial charge in [0, 0.05) is 7.11 Å². The number of hydrogen-bond donors (Lipinski definition) is 0. The Morgan fingerprint density at radius 2 is 1.73 bits per heavy atom. The highest BCUT2D eigenvalue weighted by atomic mass is 16.5. The fraction of sp³-hybridized carbons (Fsp3) is 1.00. The molecule has 2 bridgehead atoms. The molecule has 0 spiro atoms. The second kappa shape index (κ2) is 2.80. The summed E-state index contributed by atoms with van der Waals surface area (Å²) in [5, 5.41) is 0. The molecule has 15 heavy (non-hydrogen) atoms. The molecule has 5 atom stereocenters. The topological polar surface area (TPSA) is 9.23 Å². The molecule has 3 saturated carbocycles. The molecule has 0 amide bonds. The first kappa shape index (κ1) is 10.1. The van der Waals surface area contributed by atoms with Crippen molar-refractivity contribution in [1.82, 2.24) is 0 Å². The fourth-order valence-corrected chi connectivity index (χ4v) is 5.24. The maximum absolute atomic E-state index is 5.87. The van der Waals surface area contributed by atoms with Crippen molar-refractivity contribution in [3.63, 3.8) is 0 Å². The van der Waals surface area contributed by atoms with Crippen LogP contribution in [0.25, 0.3) is 0 Å². The van der Waals surface area contributed by atoms with Gasteiger partial charge >= 0.3 is 0 Å². The molecule has 3 rings (SSSR count). The van der Waals surface area contributed by atoms with Gasteiger partial charge in [-0.15, -0.1) is 0 Å². The SMILES string of the molecule is COC1(C)CC2C3CCC(C3)C2C1(C)C. The predicted octanol–water partition coefficient (Wildman–Crippen LogP) is 3.48. The highest BCUT2D eigenvalue weighted by Crippen LogP contribution is 2.68. The van der Waals surface area contributed by atoms with Gasteiger partial charge in [0.05, 0.1) is 5.60 Å². The van der Waals surface area contributed by atoms with Crippen molar-refractivity contribution >= 4 is 0 Å². The molecule has 1 nitrogen and oxygen atoms in total. The Labute approximate surface area is 93.6 Å². The monoisotopic (exact) mass is 208 g/mol. The Bertz CT molecular complexity index is 283. The molecular weight excluding hydrogens is 184 g/mol. The van der Waals surface area contributed by atoms with Gasteiger partial charge in [-0.2, -0.15) is 0 Å². The summed E-state index contributed by atoms with van der Waals surface area (Å²) in [6.07, 6.45) is 5.83.